The van der Waals surface area contributed by atoms with Crippen LogP contribution >= 0.6 is 11.3 Å². The summed E-state index contributed by atoms with van der Waals surface area (Å²) in [4.78, 5) is 51.2. The maximum absolute atomic E-state index is 12.7. The van der Waals surface area contributed by atoms with Crippen LogP contribution in [0.5, 0.6) is 0 Å². The SMILES string of the molecule is COC(=O)c1nnn(C2CCN(C(=O)C(C)NC(=O)c3cccs3)CC2)c1C(=O)OC. The van der Waals surface area contributed by atoms with E-state index in [-0.39, 0.29) is 29.2 Å². The van der Waals surface area contributed by atoms with Crippen LogP contribution < -0.4 is 5.32 Å². The van der Waals surface area contributed by atoms with Crippen molar-refractivity contribution in [2.24, 2.45) is 0 Å². The highest BCUT2D eigenvalue weighted by atomic mass is 32.1. The van der Waals surface area contributed by atoms with E-state index < -0.39 is 18.0 Å². The summed E-state index contributed by atoms with van der Waals surface area (Å²) in [5.41, 5.74) is -0.284. The molecule has 1 aliphatic rings. The van der Waals surface area contributed by atoms with Crippen LogP contribution in [0.15, 0.2) is 17.5 Å². The Bertz CT molecular complexity index is 965. The Morgan fingerprint density at radius 3 is 2.42 bits per heavy atom. The highest BCUT2D eigenvalue weighted by Crippen LogP contribution is 2.25. The Labute approximate surface area is 182 Å². The van der Waals surface area contributed by atoms with Gasteiger partial charge in [0.2, 0.25) is 11.6 Å². The zero-order valence-corrected chi connectivity index (χ0v) is 18.2. The van der Waals surface area contributed by atoms with Gasteiger partial charge in [0.05, 0.1) is 25.1 Å². The molecule has 31 heavy (non-hydrogen) atoms. The summed E-state index contributed by atoms with van der Waals surface area (Å²) in [7, 11) is 2.39. The second kappa shape index (κ2) is 9.69. The van der Waals surface area contributed by atoms with E-state index in [1.165, 1.54) is 30.2 Å². The zero-order valence-electron chi connectivity index (χ0n) is 17.4. The average Bonchev–Trinajstić information content (AvgIpc) is 3.48. The monoisotopic (exact) mass is 449 g/mol. The van der Waals surface area contributed by atoms with Crippen molar-refractivity contribution in [3.05, 3.63) is 33.8 Å². The number of methoxy groups -OCH3 is 2. The molecule has 0 bridgehead atoms. The first-order valence-electron chi connectivity index (χ1n) is 9.62. The van der Waals surface area contributed by atoms with Crippen LogP contribution in [0.2, 0.25) is 0 Å². The summed E-state index contributed by atoms with van der Waals surface area (Å²) in [5, 5.41) is 12.2. The van der Waals surface area contributed by atoms with Gasteiger partial charge in [-0.1, -0.05) is 11.3 Å². The zero-order chi connectivity index (χ0) is 22.5. The van der Waals surface area contributed by atoms with Gasteiger partial charge < -0.3 is 19.7 Å². The number of rotatable bonds is 6. The van der Waals surface area contributed by atoms with Crippen LogP contribution in [0.3, 0.4) is 0 Å². The number of likely N-dealkylation sites (tertiary alicyclic amines) is 1. The Hall–Kier alpha value is -3.28. The number of carbonyl (C=O) groups excluding carboxylic acids is 4. The number of thiophene rings is 1. The summed E-state index contributed by atoms with van der Waals surface area (Å²) >= 11 is 1.31. The second-order valence-electron chi connectivity index (χ2n) is 6.94. The van der Waals surface area contributed by atoms with Crippen LogP contribution in [-0.2, 0) is 14.3 Å². The largest absolute Gasteiger partial charge is 0.464 e. The molecule has 2 amide bonds. The molecule has 12 heteroatoms. The van der Waals surface area contributed by atoms with E-state index in [4.69, 9.17) is 4.74 Å². The lowest BCUT2D eigenvalue weighted by Crippen LogP contribution is -2.49. The number of ether oxygens (including phenoxy) is 2. The van der Waals surface area contributed by atoms with Crippen molar-refractivity contribution in [3.8, 4) is 0 Å². The lowest BCUT2D eigenvalue weighted by Gasteiger charge is -2.33. The Morgan fingerprint density at radius 1 is 1.16 bits per heavy atom. The normalized spacial score (nSPS) is 15.3. The van der Waals surface area contributed by atoms with Crippen molar-refractivity contribution in [1.82, 2.24) is 25.2 Å². The molecular formula is C19H23N5O6S. The van der Waals surface area contributed by atoms with Crippen LogP contribution in [0.1, 0.15) is 56.5 Å². The maximum Gasteiger partial charge on any atom is 0.361 e. The molecule has 2 aromatic rings. The molecule has 3 heterocycles. The third-order valence-corrected chi connectivity index (χ3v) is 5.91. The number of amides is 2. The fraction of sp³-hybridized carbons (Fsp3) is 0.474. The predicted octanol–water partition coefficient (Wildman–Crippen LogP) is 0.895. The van der Waals surface area contributed by atoms with Gasteiger partial charge in [-0.05, 0) is 31.2 Å². The van der Waals surface area contributed by atoms with Crippen LogP contribution in [-0.4, -0.2) is 77.0 Å². The van der Waals surface area contributed by atoms with E-state index >= 15 is 0 Å². The van der Waals surface area contributed by atoms with E-state index in [0.717, 1.165) is 0 Å². The van der Waals surface area contributed by atoms with Gasteiger partial charge in [0.1, 0.15) is 6.04 Å². The lowest BCUT2D eigenvalue weighted by atomic mass is 10.0. The van der Waals surface area contributed by atoms with Crippen LogP contribution in [0, 0.1) is 0 Å². The molecule has 0 radical (unpaired) electrons. The maximum atomic E-state index is 12.7. The van der Waals surface area contributed by atoms with Gasteiger partial charge >= 0.3 is 11.9 Å². The molecule has 1 N–H and O–H groups in total. The first kappa shape index (κ1) is 22.4. The summed E-state index contributed by atoms with van der Waals surface area (Å²) in [6, 6.07) is 2.55. The first-order chi connectivity index (χ1) is 14.9. The summed E-state index contributed by atoms with van der Waals surface area (Å²) in [5.74, 6) is -2.00. The summed E-state index contributed by atoms with van der Waals surface area (Å²) < 4.78 is 10.8. The molecule has 166 valence electrons. The molecule has 3 rings (SSSR count). The predicted molar refractivity (Wildman–Crippen MR) is 109 cm³/mol. The van der Waals surface area contributed by atoms with Crippen molar-refractivity contribution in [2.45, 2.75) is 31.8 Å². The van der Waals surface area contributed by atoms with Crippen molar-refractivity contribution >= 4 is 35.1 Å². The molecule has 2 aromatic heterocycles. The van der Waals surface area contributed by atoms with Gasteiger partial charge in [0.25, 0.3) is 5.91 Å². The first-order valence-corrected chi connectivity index (χ1v) is 10.5. The molecule has 1 fully saturated rings. The lowest BCUT2D eigenvalue weighted by molar-refractivity contribution is -0.134. The summed E-state index contributed by atoms with van der Waals surface area (Å²) in [6.45, 7) is 2.45. The van der Waals surface area contributed by atoms with Gasteiger partial charge in [-0.25, -0.2) is 14.3 Å². The summed E-state index contributed by atoms with van der Waals surface area (Å²) in [6.07, 6.45) is 0.983. The fourth-order valence-electron chi connectivity index (χ4n) is 3.41. The van der Waals surface area contributed by atoms with E-state index in [1.54, 1.807) is 29.3 Å². The Morgan fingerprint density at radius 2 is 1.84 bits per heavy atom. The minimum Gasteiger partial charge on any atom is -0.464 e. The smallest absolute Gasteiger partial charge is 0.361 e. The molecule has 0 spiro atoms. The molecule has 1 atom stereocenters. The topological polar surface area (TPSA) is 133 Å². The number of nitrogens with zero attached hydrogens (tertiary/aromatic N) is 4. The van der Waals surface area contributed by atoms with E-state index in [1.807, 2.05) is 0 Å². The number of hydrogen-bond acceptors (Lipinski definition) is 9. The highest BCUT2D eigenvalue weighted by molar-refractivity contribution is 7.12. The minimum absolute atomic E-state index is 0.0734. The average molecular weight is 449 g/mol. The van der Waals surface area contributed by atoms with Crippen molar-refractivity contribution in [2.75, 3.05) is 27.3 Å². The fourth-order valence-corrected chi connectivity index (χ4v) is 4.04. The van der Waals surface area contributed by atoms with Gasteiger partial charge in [-0.15, -0.1) is 16.4 Å². The molecule has 1 unspecified atom stereocenters. The number of nitrogens with one attached hydrogen (secondary N) is 1. The van der Waals surface area contributed by atoms with E-state index in [9.17, 15) is 19.2 Å². The molecule has 0 aliphatic carbocycles. The number of piperidine rings is 1. The van der Waals surface area contributed by atoms with Crippen LogP contribution in [0.4, 0.5) is 0 Å². The molecule has 0 saturated carbocycles. The minimum atomic E-state index is -0.783. The Balaban J connectivity index is 1.65. The van der Waals surface area contributed by atoms with Crippen molar-refractivity contribution < 1.29 is 28.7 Å². The quantitative estimate of drug-likeness (QED) is 0.643. The molecule has 1 saturated heterocycles. The molecule has 1 aliphatic heterocycles. The third-order valence-electron chi connectivity index (χ3n) is 5.04. The highest BCUT2D eigenvalue weighted by Gasteiger charge is 2.33. The Kier molecular flexibility index (Phi) is 7.00. The third kappa shape index (κ3) is 4.74. The van der Waals surface area contributed by atoms with Gasteiger partial charge in [0, 0.05) is 13.1 Å². The number of esters is 2. The van der Waals surface area contributed by atoms with Gasteiger partial charge in [-0.3, -0.25) is 9.59 Å². The number of hydrogen-bond donors (Lipinski definition) is 1. The standard InChI is InChI=1S/C19H23N5O6S/c1-11(20-16(25)13-5-4-10-31-13)17(26)23-8-6-12(7-9-23)24-15(19(28)30-3)14(21-22-24)18(27)29-2/h4-5,10-12H,6-9H2,1-3H3,(H,20,25). The van der Waals surface area contributed by atoms with Gasteiger partial charge in [0.15, 0.2) is 5.69 Å². The number of aromatic nitrogens is 3. The molecule has 0 aromatic carbocycles. The molecule has 11 nitrogen and oxygen atoms in total. The van der Waals surface area contributed by atoms with Crippen molar-refractivity contribution in [3.63, 3.8) is 0 Å². The van der Waals surface area contributed by atoms with Crippen molar-refractivity contribution in [1.29, 1.82) is 0 Å². The second-order valence-corrected chi connectivity index (χ2v) is 7.89. The van der Waals surface area contributed by atoms with E-state index in [0.29, 0.717) is 30.8 Å². The molecular weight excluding hydrogens is 426 g/mol. The number of carbonyl (C=O) groups is 4. The van der Waals surface area contributed by atoms with E-state index in [2.05, 4.69) is 20.4 Å². The van der Waals surface area contributed by atoms with Gasteiger partial charge in [-0.2, -0.15) is 0 Å². The van der Waals surface area contributed by atoms with Crippen LogP contribution in [0.25, 0.3) is 0 Å².